The molecule has 0 aromatic heterocycles. The molecule has 0 amide bonds. The van der Waals surface area contributed by atoms with E-state index in [0.717, 1.165) is 5.56 Å². The van der Waals surface area contributed by atoms with Crippen molar-refractivity contribution in [3.63, 3.8) is 0 Å². The Morgan fingerprint density at radius 1 is 1.23 bits per heavy atom. The van der Waals surface area contributed by atoms with Crippen molar-refractivity contribution >= 4 is 20.9 Å². The number of hydrogen-bond donors (Lipinski definition) is 2. The lowest BCUT2D eigenvalue weighted by Crippen LogP contribution is -2.42. The van der Waals surface area contributed by atoms with E-state index in [-0.39, 0.29) is 4.90 Å². The summed E-state index contributed by atoms with van der Waals surface area (Å²) >= 11 is 0. The monoisotopic (exact) mass is 319 g/mol. The Balaban J connectivity index is 2.49. The quantitative estimate of drug-likeness (QED) is 0.661. The lowest BCUT2D eigenvalue weighted by atomic mass is 9.75. The van der Waals surface area contributed by atoms with Crippen molar-refractivity contribution in [3.05, 3.63) is 54.1 Å². The molecule has 0 saturated carbocycles. The molecule has 22 heavy (non-hydrogen) atoms. The van der Waals surface area contributed by atoms with Gasteiger partial charge in [-0.3, -0.25) is 10.2 Å². The number of aliphatic carboxylic acids is 1. The van der Waals surface area contributed by atoms with Crippen LogP contribution < -0.4 is 0 Å². The van der Waals surface area contributed by atoms with Crippen LogP contribution in [0, 0.1) is 23.7 Å². The standard InChI is InChI=1S/C16H17NO4S/c1-11-6-8-12(9-7-11)22(20,21)15(17)16(2)10-4-3-5-13(16)14(18)19/h3-10,13,17H,1-2H3,(H,18,19). The van der Waals surface area contributed by atoms with Crippen molar-refractivity contribution < 1.29 is 18.3 Å². The molecule has 0 heterocycles. The van der Waals surface area contributed by atoms with Crippen LogP contribution in [0.25, 0.3) is 0 Å². The van der Waals surface area contributed by atoms with Gasteiger partial charge in [0.1, 0.15) is 5.04 Å². The molecule has 0 radical (unpaired) electrons. The normalized spacial score (nSPS) is 24.2. The molecule has 6 heteroatoms. The van der Waals surface area contributed by atoms with Gasteiger partial charge in [-0.15, -0.1) is 0 Å². The number of benzene rings is 1. The summed E-state index contributed by atoms with van der Waals surface area (Å²) in [7, 11) is -4.05. The summed E-state index contributed by atoms with van der Waals surface area (Å²) in [5, 5.41) is 16.9. The molecule has 1 aromatic carbocycles. The molecule has 0 saturated heterocycles. The van der Waals surface area contributed by atoms with Gasteiger partial charge in [0.25, 0.3) is 0 Å². The van der Waals surface area contributed by atoms with Crippen LogP contribution in [0.4, 0.5) is 0 Å². The van der Waals surface area contributed by atoms with Crippen LogP contribution >= 0.6 is 0 Å². The first-order valence-corrected chi connectivity index (χ1v) is 8.17. The third-order valence-corrected chi connectivity index (χ3v) is 5.73. The number of nitrogens with one attached hydrogen (secondary N) is 1. The molecule has 1 aliphatic carbocycles. The highest BCUT2D eigenvalue weighted by molar-refractivity contribution is 8.06. The largest absolute Gasteiger partial charge is 0.481 e. The summed E-state index contributed by atoms with van der Waals surface area (Å²) in [6.07, 6.45) is 5.98. The van der Waals surface area contributed by atoms with Gasteiger partial charge in [-0.25, -0.2) is 8.42 Å². The zero-order valence-electron chi connectivity index (χ0n) is 12.3. The summed E-state index contributed by atoms with van der Waals surface area (Å²) in [5.41, 5.74) is -0.509. The zero-order valence-corrected chi connectivity index (χ0v) is 13.1. The second kappa shape index (κ2) is 5.53. The summed E-state index contributed by atoms with van der Waals surface area (Å²) in [4.78, 5) is 11.4. The van der Waals surface area contributed by atoms with E-state index in [9.17, 15) is 18.3 Å². The number of rotatable bonds is 3. The van der Waals surface area contributed by atoms with Crippen molar-refractivity contribution in [1.29, 1.82) is 5.41 Å². The Kier molecular flexibility index (Phi) is 4.06. The number of carbonyl (C=O) groups is 1. The van der Waals surface area contributed by atoms with E-state index in [1.807, 2.05) is 6.92 Å². The summed E-state index contributed by atoms with van der Waals surface area (Å²) < 4.78 is 25.3. The van der Waals surface area contributed by atoms with Gasteiger partial charge in [-0.2, -0.15) is 0 Å². The van der Waals surface area contributed by atoms with E-state index in [1.165, 1.54) is 31.2 Å². The first kappa shape index (κ1) is 16.2. The molecule has 1 aliphatic rings. The number of carboxylic acid groups (broad SMARTS) is 1. The fourth-order valence-electron chi connectivity index (χ4n) is 2.41. The first-order valence-electron chi connectivity index (χ1n) is 6.69. The van der Waals surface area contributed by atoms with Gasteiger partial charge in [-0.1, -0.05) is 42.0 Å². The lowest BCUT2D eigenvalue weighted by Gasteiger charge is -2.32. The highest BCUT2D eigenvalue weighted by atomic mass is 32.2. The van der Waals surface area contributed by atoms with Crippen molar-refractivity contribution in [1.82, 2.24) is 0 Å². The van der Waals surface area contributed by atoms with E-state index in [1.54, 1.807) is 24.3 Å². The van der Waals surface area contributed by atoms with Crippen LogP contribution in [0.3, 0.4) is 0 Å². The van der Waals surface area contributed by atoms with E-state index < -0.39 is 32.2 Å². The summed E-state index contributed by atoms with van der Waals surface area (Å²) in [6, 6.07) is 6.16. The lowest BCUT2D eigenvalue weighted by molar-refractivity contribution is -0.141. The van der Waals surface area contributed by atoms with Gasteiger partial charge in [0, 0.05) is 0 Å². The van der Waals surface area contributed by atoms with Gasteiger partial charge >= 0.3 is 5.97 Å². The van der Waals surface area contributed by atoms with Gasteiger partial charge in [-0.05, 0) is 26.0 Å². The molecule has 0 bridgehead atoms. The molecule has 0 aliphatic heterocycles. The summed E-state index contributed by atoms with van der Waals surface area (Å²) in [5.74, 6) is -2.25. The molecule has 2 atom stereocenters. The van der Waals surface area contributed by atoms with Crippen molar-refractivity contribution in [2.24, 2.45) is 11.3 Å². The van der Waals surface area contributed by atoms with E-state index in [2.05, 4.69) is 0 Å². The fourth-order valence-corrected chi connectivity index (χ4v) is 3.92. The Morgan fingerprint density at radius 2 is 1.82 bits per heavy atom. The van der Waals surface area contributed by atoms with Crippen molar-refractivity contribution in [2.45, 2.75) is 18.7 Å². The van der Waals surface area contributed by atoms with Crippen LogP contribution in [0.5, 0.6) is 0 Å². The number of sulfone groups is 1. The summed E-state index contributed by atoms with van der Waals surface area (Å²) in [6.45, 7) is 3.29. The average molecular weight is 319 g/mol. The van der Waals surface area contributed by atoms with Gasteiger partial charge in [0.15, 0.2) is 0 Å². The molecule has 1 aromatic rings. The predicted octanol–water partition coefficient (Wildman–Crippen LogP) is 2.58. The number of allylic oxidation sites excluding steroid dienone is 3. The van der Waals surface area contributed by atoms with E-state index in [0.29, 0.717) is 0 Å². The first-order chi connectivity index (χ1) is 10.2. The molecule has 116 valence electrons. The van der Waals surface area contributed by atoms with Crippen LogP contribution in [0.1, 0.15) is 12.5 Å². The molecular weight excluding hydrogens is 302 g/mol. The fraction of sp³-hybridized carbons (Fsp3) is 0.250. The molecule has 2 unspecified atom stereocenters. The van der Waals surface area contributed by atoms with Crippen LogP contribution in [0.2, 0.25) is 0 Å². The Morgan fingerprint density at radius 3 is 2.36 bits per heavy atom. The van der Waals surface area contributed by atoms with Gasteiger partial charge < -0.3 is 5.11 Å². The molecule has 2 N–H and O–H groups in total. The van der Waals surface area contributed by atoms with E-state index in [4.69, 9.17) is 5.41 Å². The Bertz CT molecular complexity index is 775. The third-order valence-electron chi connectivity index (χ3n) is 3.86. The Hall–Kier alpha value is -2.21. The minimum absolute atomic E-state index is 0.00332. The van der Waals surface area contributed by atoms with Crippen LogP contribution in [-0.4, -0.2) is 24.5 Å². The maximum Gasteiger partial charge on any atom is 0.311 e. The minimum Gasteiger partial charge on any atom is -0.481 e. The average Bonchev–Trinajstić information content (AvgIpc) is 2.47. The number of hydrogen-bond acceptors (Lipinski definition) is 4. The zero-order chi connectivity index (χ0) is 16.5. The SMILES string of the molecule is Cc1ccc(S(=O)(=O)C(=N)C2(C)C=CC=CC2C(=O)O)cc1. The maximum absolute atomic E-state index is 12.6. The molecular formula is C16H17NO4S. The second-order valence-electron chi connectivity index (χ2n) is 5.49. The van der Waals surface area contributed by atoms with Gasteiger partial charge in [0.2, 0.25) is 9.84 Å². The van der Waals surface area contributed by atoms with Crippen molar-refractivity contribution in [2.75, 3.05) is 0 Å². The predicted molar refractivity (Wildman–Crippen MR) is 83.6 cm³/mol. The number of carboxylic acids is 1. The Labute approximate surface area is 129 Å². The van der Waals surface area contributed by atoms with E-state index >= 15 is 0 Å². The number of aryl methyl sites for hydroxylation is 1. The highest BCUT2D eigenvalue weighted by Crippen LogP contribution is 2.38. The highest BCUT2D eigenvalue weighted by Gasteiger charge is 2.45. The molecule has 0 spiro atoms. The topological polar surface area (TPSA) is 95.3 Å². The van der Waals surface area contributed by atoms with Crippen LogP contribution in [0.15, 0.2) is 53.5 Å². The molecule has 0 fully saturated rings. The van der Waals surface area contributed by atoms with Gasteiger partial charge in [0.05, 0.1) is 16.2 Å². The second-order valence-corrected chi connectivity index (χ2v) is 7.37. The maximum atomic E-state index is 12.6. The minimum atomic E-state index is -4.05. The van der Waals surface area contributed by atoms with Crippen LogP contribution in [-0.2, 0) is 14.6 Å². The molecule has 5 nitrogen and oxygen atoms in total. The van der Waals surface area contributed by atoms with Crippen molar-refractivity contribution in [3.8, 4) is 0 Å². The third kappa shape index (κ3) is 2.62. The molecule has 2 rings (SSSR count). The smallest absolute Gasteiger partial charge is 0.311 e.